The summed E-state index contributed by atoms with van der Waals surface area (Å²) in [6.07, 6.45) is 0. The molecular formula is C13H9BrClN. The monoisotopic (exact) mass is 293 g/mol. The Balaban J connectivity index is 2.61. The lowest BCUT2D eigenvalue weighted by atomic mass is 10.1. The van der Waals surface area contributed by atoms with Gasteiger partial charge in [-0.2, -0.15) is 0 Å². The van der Waals surface area contributed by atoms with E-state index in [2.05, 4.69) is 46.0 Å². The Morgan fingerprint density at radius 2 is 1.94 bits per heavy atom. The molecule has 2 aromatic carbocycles. The summed E-state index contributed by atoms with van der Waals surface area (Å²) < 4.78 is 1.08. The Bertz CT molecular complexity index is 700. The maximum absolute atomic E-state index is 6.17. The Hall–Kier alpha value is -0.990. The molecule has 0 radical (unpaired) electrons. The molecule has 1 N–H and O–H groups in total. The van der Waals surface area contributed by atoms with Crippen LogP contribution in [0.4, 0.5) is 0 Å². The zero-order chi connectivity index (χ0) is 11.3. The van der Waals surface area contributed by atoms with Crippen molar-refractivity contribution in [1.82, 2.24) is 4.98 Å². The van der Waals surface area contributed by atoms with Gasteiger partial charge in [-0.1, -0.05) is 23.7 Å². The minimum Gasteiger partial charge on any atom is -0.352 e. The molecule has 0 fully saturated rings. The molecule has 0 spiro atoms. The number of benzene rings is 2. The topological polar surface area (TPSA) is 15.8 Å². The molecule has 0 saturated heterocycles. The normalized spacial score (nSPS) is 11.4. The molecule has 1 heterocycles. The second-order valence-electron chi connectivity index (χ2n) is 3.96. The van der Waals surface area contributed by atoms with Gasteiger partial charge in [-0.05, 0) is 46.6 Å². The molecule has 1 aromatic heterocycles. The Kier molecular flexibility index (Phi) is 2.23. The lowest BCUT2D eigenvalue weighted by molar-refractivity contribution is 1.46. The van der Waals surface area contributed by atoms with E-state index < -0.39 is 0 Å². The molecule has 0 amide bonds. The zero-order valence-corrected chi connectivity index (χ0v) is 11.0. The number of halogens is 2. The number of rotatable bonds is 0. The SMILES string of the molecule is Cc1cc(Br)c2[nH]c3c(Cl)cccc3c2c1. The minimum absolute atomic E-state index is 0.762. The molecule has 0 aliphatic rings. The van der Waals surface area contributed by atoms with Crippen LogP contribution in [-0.4, -0.2) is 4.98 Å². The summed E-state index contributed by atoms with van der Waals surface area (Å²) in [6.45, 7) is 2.09. The number of fused-ring (bicyclic) bond motifs is 3. The fourth-order valence-electron chi connectivity index (χ4n) is 2.08. The van der Waals surface area contributed by atoms with Crippen LogP contribution in [0.25, 0.3) is 21.8 Å². The van der Waals surface area contributed by atoms with Crippen LogP contribution in [0.2, 0.25) is 5.02 Å². The number of aryl methyl sites for hydroxylation is 1. The lowest BCUT2D eigenvalue weighted by Gasteiger charge is -1.97. The first kappa shape index (κ1) is 10.2. The number of hydrogen-bond acceptors (Lipinski definition) is 0. The molecule has 3 aromatic rings. The van der Waals surface area contributed by atoms with Gasteiger partial charge in [0.25, 0.3) is 0 Å². The van der Waals surface area contributed by atoms with Crippen molar-refractivity contribution in [1.29, 1.82) is 0 Å². The summed E-state index contributed by atoms with van der Waals surface area (Å²) in [5.74, 6) is 0. The van der Waals surface area contributed by atoms with Crippen LogP contribution < -0.4 is 0 Å². The van der Waals surface area contributed by atoms with E-state index in [4.69, 9.17) is 11.6 Å². The lowest BCUT2D eigenvalue weighted by Crippen LogP contribution is -1.74. The molecule has 0 atom stereocenters. The third-order valence-electron chi connectivity index (χ3n) is 2.79. The van der Waals surface area contributed by atoms with Gasteiger partial charge in [0.05, 0.1) is 16.1 Å². The first-order valence-electron chi connectivity index (χ1n) is 5.03. The van der Waals surface area contributed by atoms with Gasteiger partial charge in [-0.25, -0.2) is 0 Å². The summed E-state index contributed by atoms with van der Waals surface area (Å²) in [4.78, 5) is 3.36. The molecule has 80 valence electrons. The van der Waals surface area contributed by atoms with Crippen molar-refractivity contribution in [3.63, 3.8) is 0 Å². The van der Waals surface area contributed by atoms with Gasteiger partial charge >= 0.3 is 0 Å². The van der Waals surface area contributed by atoms with E-state index in [9.17, 15) is 0 Å². The largest absolute Gasteiger partial charge is 0.352 e. The average molecular weight is 295 g/mol. The van der Waals surface area contributed by atoms with Crippen molar-refractivity contribution in [2.45, 2.75) is 6.92 Å². The van der Waals surface area contributed by atoms with Crippen molar-refractivity contribution in [3.8, 4) is 0 Å². The second-order valence-corrected chi connectivity index (χ2v) is 5.22. The van der Waals surface area contributed by atoms with Crippen molar-refractivity contribution >= 4 is 49.3 Å². The van der Waals surface area contributed by atoms with Crippen LogP contribution in [0.3, 0.4) is 0 Å². The fraction of sp³-hybridized carbons (Fsp3) is 0.0769. The van der Waals surface area contributed by atoms with Crippen molar-refractivity contribution in [3.05, 3.63) is 45.4 Å². The van der Waals surface area contributed by atoms with E-state index in [1.807, 2.05) is 12.1 Å². The van der Waals surface area contributed by atoms with Crippen LogP contribution in [-0.2, 0) is 0 Å². The van der Waals surface area contributed by atoms with Crippen LogP contribution >= 0.6 is 27.5 Å². The molecule has 0 saturated carbocycles. The van der Waals surface area contributed by atoms with E-state index in [1.165, 1.54) is 16.3 Å². The summed E-state index contributed by atoms with van der Waals surface area (Å²) in [7, 11) is 0. The highest BCUT2D eigenvalue weighted by Crippen LogP contribution is 2.34. The van der Waals surface area contributed by atoms with Crippen LogP contribution in [0.15, 0.2) is 34.8 Å². The van der Waals surface area contributed by atoms with E-state index >= 15 is 0 Å². The molecule has 3 rings (SSSR count). The number of aromatic amines is 1. The molecule has 0 aliphatic heterocycles. The summed E-state index contributed by atoms with van der Waals surface area (Å²) >= 11 is 9.75. The van der Waals surface area contributed by atoms with Gasteiger partial charge in [0.15, 0.2) is 0 Å². The smallest absolute Gasteiger partial charge is 0.0654 e. The van der Waals surface area contributed by atoms with E-state index in [-0.39, 0.29) is 0 Å². The fourth-order valence-corrected chi connectivity index (χ4v) is 2.98. The first-order chi connectivity index (χ1) is 7.66. The Morgan fingerprint density at radius 1 is 1.12 bits per heavy atom. The molecule has 3 heteroatoms. The van der Waals surface area contributed by atoms with Crippen molar-refractivity contribution in [2.75, 3.05) is 0 Å². The van der Waals surface area contributed by atoms with Gasteiger partial charge < -0.3 is 4.98 Å². The summed E-state index contributed by atoms with van der Waals surface area (Å²) in [5, 5.41) is 3.15. The van der Waals surface area contributed by atoms with E-state index in [0.717, 1.165) is 20.5 Å². The Labute approximate surface area is 107 Å². The number of nitrogens with one attached hydrogen (secondary N) is 1. The van der Waals surface area contributed by atoms with Crippen molar-refractivity contribution < 1.29 is 0 Å². The highest BCUT2D eigenvalue weighted by molar-refractivity contribution is 9.10. The van der Waals surface area contributed by atoms with E-state index in [1.54, 1.807) is 0 Å². The third-order valence-corrected chi connectivity index (χ3v) is 3.73. The van der Waals surface area contributed by atoms with Gasteiger partial charge in [0, 0.05) is 15.2 Å². The molecular weight excluding hydrogens is 286 g/mol. The van der Waals surface area contributed by atoms with Crippen LogP contribution in [0.1, 0.15) is 5.56 Å². The van der Waals surface area contributed by atoms with Gasteiger partial charge in [0.2, 0.25) is 0 Å². The van der Waals surface area contributed by atoms with Crippen molar-refractivity contribution in [2.24, 2.45) is 0 Å². The minimum atomic E-state index is 0.762. The van der Waals surface area contributed by atoms with Crippen LogP contribution in [0.5, 0.6) is 0 Å². The number of para-hydroxylation sites is 1. The van der Waals surface area contributed by atoms with Crippen LogP contribution in [0, 0.1) is 6.92 Å². The molecule has 1 nitrogen and oxygen atoms in total. The first-order valence-corrected chi connectivity index (χ1v) is 6.20. The number of H-pyrrole nitrogens is 1. The summed E-state index contributed by atoms with van der Waals surface area (Å²) in [5.41, 5.74) is 3.35. The average Bonchev–Trinajstić information content (AvgIpc) is 2.59. The predicted octanol–water partition coefficient (Wildman–Crippen LogP) is 5.05. The molecule has 0 bridgehead atoms. The maximum Gasteiger partial charge on any atom is 0.0654 e. The summed E-state index contributed by atoms with van der Waals surface area (Å²) in [6, 6.07) is 10.3. The zero-order valence-electron chi connectivity index (χ0n) is 8.64. The molecule has 0 aliphatic carbocycles. The second kappa shape index (κ2) is 3.51. The third kappa shape index (κ3) is 1.37. The number of aromatic nitrogens is 1. The standard InChI is InChI=1S/C13H9BrClN/c1-7-5-9-8-3-2-4-11(15)13(8)16-12(9)10(14)6-7/h2-6,16H,1H3. The predicted molar refractivity (Wildman–Crippen MR) is 73.3 cm³/mol. The Morgan fingerprint density at radius 3 is 2.75 bits per heavy atom. The quantitative estimate of drug-likeness (QED) is 0.597. The highest BCUT2D eigenvalue weighted by Gasteiger charge is 2.09. The maximum atomic E-state index is 6.17. The van der Waals surface area contributed by atoms with E-state index in [0.29, 0.717) is 0 Å². The van der Waals surface area contributed by atoms with Gasteiger partial charge in [0.1, 0.15) is 0 Å². The molecule has 0 unspecified atom stereocenters. The van der Waals surface area contributed by atoms with Gasteiger partial charge in [-0.15, -0.1) is 0 Å². The molecule has 16 heavy (non-hydrogen) atoms. The van der Waals surface area contributed by atoms with Gasteiger partial charge in [-0.3, -0.25) is 0 Å². The number of hydrogen-bond donors (Lipinski definition) is 1. The highest BCUT2D eigenvalue weighted by atomic mass is 79.9.